The molecule has 0 amide bonds. The Hall–Kier alpha value is -2.49. The van der Waals surface area contributed by atoms with Crippen molar-refractivity contribution >= 4 is 11.6 Å². The van der Waals surface area contributed by atoms with Crippen LogP contribution in [0.2, 0.25) is 5.02 Å². The summed E-state index contributed by atoms with van der Waals surface area (Å²) in [5, 5.41) is 0.773. The average molecular weight is 420 g/mol. The molecule has 0 fully saturated rings. The summed E-state index contributed by atoms with van der Waals surface area (Å²) >= 11 is 6.41. The molecule has 3 nitrogen and oxygen atoms in total. The zero-order chi connectivity index (χ0) is 20.7. The fraction of sp³-hybridized carbons (Fsp3) is 0.308. The second-order valence-corrected chi connectivity index (χ2v) is 8.62. The third kappa shape index (κ3) is 3.36. The van der Waals surface area contributed by atoms with E-state index in [4.69, 9.17) is 21.1 Å². The molecule has 0 unspecified atom stereocenters. The lowest BCUT2D eigenvalue weighted by Crippen LogP contribution is -2.43. The van der Waals surface area contributed by atoms with Gasteiger partial charge in [0.15, 0.2) is 11.5 Å². The lowest BCUT2D eigenvalue weighted by atomic mass is 9.86. The molecule has 0 bridgehead atoms. The molecular weight excluding hydrogens is 394 g/mol. The highest BCUT2D eigenvalue weighted by Crippen LogP contribution is 2.43. The van der Waals surface area contributed by atoms with Crippen LogP contribution in [0.1, 0.15) is 33.9 Å². The van der Waals surface area contributed by atoms with Gasteiger partial charge in [-0.25, -0.2) is 0 Å². The van der Waals surface area contributed by atoms with Crippen molar-refractivity contribution in [2.24, 2.45) is 0 Å². The Balaban J connectivity index is 1.60. The number of hydrogen-bond donors (Lipinski definition) is 0. The van der Waals surface area contributed by atoms with Crippen molar-refractivity contribution in [2.45, 2.75) is 31.3 Å². The number of methoxy groups -OCH3 is 2. The van der Waals surface area contributed by atoms with Crippen LogP contribution in [0.4, 0.5) is 0 Å². The second-order valence-electron chi connectivity index (χ2n) is 8.18. The number of halogens is 1. The Morgan fingerprint density at radius 2 is 1.53 bits per heavy atom. The van der Waals surface area contributed by atoms with E-state index in [0.717, 1.165) is 42.3 Å². The molecule has 2 aliphatic rings. The van der Waals surface area contributed by atoms with Gasteiger partial charge < -0.3 is 9.47 Å². The number of rotatable bonds is 4. The van der Waals surface area contributed by atoms with Crippen LogP contribution in [0.3, 0.4) is 0 Å². The van der Waals surface area contributed by atoms with Gasteiger partial charge in [-0.3, -0.25) is 4.90 Å². The maximum atomic E-state index is 6.41. The lowest BCUT2D eigenvalue weighted by Gasteiger charge is -2.42. The standard InChI is InChI=1S/C26H26ClNO2/c1-29-24-15-19-10-11-28(22-13-17-6-3-4-7-18(17)14-22)26(23(19)16-25(24)30-2)20-8-5-9-21(27)12-20/h3-9,12,15-16,22,26H,10-11,13-14H2,1-2H3/t26-/m1/s1. The first-order valence-corrected chi connectivity index (χ1v) is 10.9. The largest absolute Gasteiger partial charge is 0.493 e. The summed E-state index contributed by atoms with van der Waals surface area (Å²) in [6, 6.07) is 22.1. The van der Waals surface area contributed by atoms with Gasteiger partial charge in [0.05, 0.1) is 20.3 Å². The number of nitrogens with zero attached hydrogens (tertiary/aromatic N) is 1. The van der Waals surface area contributed by atoms with Crippen molar-refractivity contribution in [1.82, 2.24) is 4.90 Å². The first kappa shape index (κ1) is 19.5. The molecule has 1 atom stereocenters. The fourth-order valence-electron chi connectivity index (χ4n) is 5.18. The number of benzene rings is 3. The monoisotopic (exact) mass is 419 g/mol. The Kier molecular flexibility index (Phi) is 5.18. The van der Waals surface area contributed by atoms with Crippen molar-refractivity contribution in [2.75, 3.05) is 20.8 Å². The minimum Gasteiger partial charge on any atom is -0.493 e. The van der Waals surface area contributed by atoms with E-state index in [2.05, 4.69) is 53.4 Å². The molecule has 0 aromatic heterocycles. The van der Waals surface area contributed by atoms with E-state index in [1.165, 1.54) is 27.8 Å². The van der Waals surface area contributed by atoms with Gasteiger partial charge in [0, 0.05) is 17.6 Å². The predicted octanol–water partition coefficient (Wildman–Crippen LogP) is 5.47. The van der Waals surface area contributed by atoms with Crippen molar-refractivity contribution in [3.8, 4) is 11.5 Å². The molecule has 1 aliphatic heterocycles. The van der Waals surface area contributed by atoms with Crippen LogP contribution in [0, 0.1) is 0 Å². The molecule has 4 heteroatoms. The van der Waals surface area contributed by atoms with Crippen LogP contribution >= 0.6 is 11.6 Å². The second kappa shape index (κ2) is 7.98. The third-order valence-corrected chi connectivity index (χ3v) is 6.81. The summed E-state index contributed by atoms with van der Waals surface area (Å²) in [6.45, 7) is 1.01. The Bertz CT molecular complexity index is 1060. The molecule has 30 heavy (non-hydrogen) atoms. The van der Waals surface area contributed by atoms with Crippen LogP contribution in [0.25, 0.3) is 0 Å². The molecule has 154 valence electrons. The maximum absolute atomic E-state index is 6.41. The number of fused-ring (bicyclic) bond motifs is 2. The van der Waals surface area contributed by atoms with E-state index in [9.17, 15) is 0 Å². The van der Waals surface area contributed by atoms with Crippen LogP contribution in [0.15, 0.2) is 60.7 Å². The molecule has 0 saturated carbocycles. The summed E-state index contributed by atoms with van der Waals surface area (Å²) in [7, 11) is 3.40. The molecular formula is C26H26ClNO2. The molecule has 3 aromatic rings. The van der Waals surface area contributed by atoms with Gasteiger partial charge in [-0.2, -0.15) is 0 Å². The number of hydrogen-bond acceptors (Lipinski definition) is 3. The van der Waals surface area contributed by atoms with Crippen LogP contribution in [-0.2, 0) is 19.3 Å². The van der Waals surface area contributed by atoms with Gasteiger partial charge >= 0.3 is 0 Å². The van der Waals surface area contributed by atoms with Crippen molar-refractivity contribution in [3.05, 3.63) is 93.5 Å². The Labute approximate surface area is 183 Å². The summed E-state index contributed by atoms with van der Waals surface area (Å²) in [5.74, 6) is 1.57. The zero-order valence-corrected chi connectivity index (χ0v) is 18.2. The molecule has 0 radical (unpaired) electrons. The minimum absolute atomic E-state index is 0.145. The van der Waals surface area contributed by atoms with E-state index >= 15 is 0 Å². The van der Waals surface area contributed by atoms with Gasteiger partial charge in [-0.1, -0.05) is 48.0 Å². The topological polar surface area (TPSA) is 21.7 Å². The Morgan fingerprint density at radius 1 is 0.833 bits per heavy atom. The third-order valence-electron chi connectivity index (χ3n) is 6.57. The van der Waals surface area contributed by atoms with Crippen molar-refractivity contribution in [1.29, 1.82) is 0 Å². The smallest absolute Gasteiger partial charge is 0.161 e. The molecule has 0 saturated heterocycles. The highest BCUT2D eigenvalue weighted by molar-refractivity contribution is 6.30. The van der Waals surface area contributed by atoms with E-state index < -0.39 is 0 Å². The van der Waals surface area contributed by atoms with Gasteiger partial charge in [0.25, 0.3) is 0 Å². The Morgan fingerprint density at radius 3 is 2.20 bits per heavy atom. The minimum atomic E-state index is 0.145. The molecule has 0 N–H and O–H groups in total. The van der Waals surface area contributed by atoms with E-state index in [0.29, 0.717) is 6.04 Å². The van der Waals surface area contributed by atoms with E-state index in [1.807, 2.05) is 12.1 Å². The van der Waals surface area contributed by atoms with E-state index in [1.54, 1.807) is 14.2 Å². The summed E-state index contributed by atoms with van der Waals surface area (Å²) < 4.78 is 11.2. The first-order chi connectivity index (χ1) is 14.7. The normalized spacial score (nSPS) is 18.7. The van der Waals surface area contributed by atoms with Gasteiger partial charge in [0.1, 0.15) is 0 Å². The molecule has 0 spiro atoms. The van der Waals surface area contributed by atoms with Crippen LogP contribution in [-0.4, -0.2) is 31.7 Å². The zero-order valence-electron chi connectivity index (χ0n) is 17.4. The highest BCUT2D eigenvalue weighted by Gasteiger charge is 2.37. The van der Waals surface area contributed by atoms with Gasteiger partial charge in [0.2, 0.25) is 0 Å². The number of ether oxygens (including phenoxy) is 2. The molecule has 1 aliphatic carbocycles. The molecule has 3 aromatic carbocycles. The fourth-order valence-corrected chi connectivity index (χ4v) is 5.38. The van der Waals surface area contributed by atoms with Crippen molar-refractivity contribution in [3.63, 3.8) is 0 Å². The molecule has 5 rings (SSSR count). The lowest BCUT2D eigenvalue weighted by molar-refractivity contribution is 0.150. The van der Waals surface area contributed by atoms with E-state index in [-0.39, 0.29) is 6.04 Å². The highest BCUT2D eigenvalue weighted by atomic mass is 35.5. The quantitative estimate of drug-likeness (QED) is 0.559. The summed E-state index contributed by atoms with van der Waals surface area (Å²) in [6.07, 6.45) is 3.19. The average Bonchev–Trinajstić information content (AvgIpc) is 3.21. The van der Waals surface area contributed by atoms with Gasteiger partial charge in [-0.15, -0.1) is 0 Å². The van der Waals surface area contributed by atoms with Crippen LogP contribution in [0.5, 0.6) is 11.5 Å². The first-order valence-electron chi connectivity index (χ1n) is 10.5. The predicted molar refractivity (Wildman–Crippen MR) is 121 cm³/mol. The molecule has 1 heterocycles. The van der Waals surface area contributed by atoms with Crippen molar-refractivity contribution < 1.29 is 9.47 Å². The van der Waals surface area contributed by atoms with Gasteiger partial charge in [-0.05, 0) is 71.3 Å². The summed E-state index contributed by atoms with van der Waals surface area (Å²) in [5.41, 5.74) is 6.80. The SMILES string of the molecule is COc1cc2c(cc1OC)[C@@H](c1cccc(Cl)c1)N(C1Cc3ccccc3C1)CC2. The maximum Gasteiger partial charge on any atom is 0.161 e. The van der Waals surface area contributed by atoms with Crippen LogP contribution < -0.4 is 9.47 Å². The summed E-state index contributed by atoms with van der Waals surface area (Å²) in [4.78, 5) is 2.67.